The SMILES string of the molecule is CSNC(=O)c1nc(N(CCc2cccnc2)Cc2ccccc2)sc1C. The maximum atomic E-state index is 12.2. The van der Waals surface area contributed by atoms with E-state index in [4.69, 9.17) is 0 Å². The number of benzene rings is 1. The van der Waals surface area contributed by atoms with Crippen LogP contribution >= 0.6 is 23.3 Å². The standard InChI is InChI=1S/C20H22N4OS2/c1-15-18(19(25)23-26-2)22-20(27-15)24(14-17-7-4-3-5-8-17)12-10-16-9-6-11-21-13-16/h3-9,11,13H,10,12,14H2,1-2H3,(H,23,25). The summed E-state index contributed by atoms with van der Waals surface area (Å²) in [6.07, 6.45) is 6.37. The number of hydrogen-bond donors (Lipinski definition) is 1. The van der Waals surface area contributed by atoms with Gasteiger partial charge in [0.2, 0.25) is 0 Å². The summed E-state index contributed by atoms with van der Waals surface area (Å²) in [7, 11) is 0. The molecule has 1 N–H and O–H groups in total. The molecule has 3 rings (SSSR count). The Bertz CT molecular complexity index is 868. The number of carbonyl (C=O) groups is 1. The molecule has 0 aliphatic carbocycles. The molecule has 140 valence electrons. The highest BCUT2D eigenvalue weighted by molar-refractivity contribution is 7.97. The molecular formula is C20H22N4OS2. The van der Waals surface area contributed by atoms with Gasteiger partial charge in [0.25, 0.3) is 5.91 Å². The molecule has 2 heterocycles. The van der Waals surface area contributed by atoms with Gasteiger partial charge in [0.1, 0.15) is 5.69 Å². The van der Waals surface area contributed by atoms with Gasteiger partial charge in [-0.15, -0.1) is 11.3 Å². The second kappa shape index (κ2) is 9.53. The molecule has 0 spiro atoms. The third kappa shape index (κ3) is 5.30. The maximum Gasteiger partial charge on any atom is 0.280 e. The van der Waals surface area contributed by atoms with Crippen LogP contribution in [0.1, 0.15) is 26.5 Å². The van der Waals surface area contributed by atoms with Gasteiger partial charge in [0.05, 0.1) is 0 Å². The monoisotopic (exact) mass is 398 g/mol. The fourth-order valence-electron chi connectivity index (χ4n) is 2.73. The molecular weight excluding hydrogens is 376 g/mol. The second-order valence-electron chi connectivity index (χ2n) is 6.05. The highest BCUT2D eigenvalue weighted by atomic mass is 32.2. The number of hydrogen-bond acceptors (Lipinski definition) is 6. The predicted molar refractivity (Wildman–Crippen MR) is 113 cm³/mol. The highest BCUT2D eigenvalue weighted by Gasteiger charge is 2.19. The van der Waals surface area contributed by atoms with Crippen LogP contribution in [0.3, 0.4) is 0 Å². The van der Waals surface area contributed by atoms with E-state index >= 15 is 0 Å². The number of carbonyl (C=O) groups excluding carboxylic acids is 1. The Morgan fingerprint density at radius 3 is 2.67 bits per heavy atom. The van der Waals surface area contributed by atoms with Crippen LogP contribution in [0.2, 0.25) is 0 Å². The molecule has 0 bridgehead atoms. The van der Waals surface area contributed by atoms with Crippen LogP contribution in [0, 0.1) is 6.92 Å². The molecule has 0 aliphatic rings. The third-order valence-corrected chi connectivity index (χ3v) is 5.50. The maximum absolute atomic E-state index is 12.2. The van der Waals surface area contributed by atoms with Gasteiger partial charge in [0, 0.05) is 36.6 Å². The van der Waals surface area contributed by atoms with E-state index in [1.54, 1.807) is 17.5 Å². The van der Waals surface area contributed by atoms with Crippen molar-refractivity contribution in [1.82, 2.24) is 14.7 Å². The lowest BCUT2D eigenvalue weighted by molar-refractivity contribution is 0.0980. The van der Waals surface area contributed by atoms with Crippen molar-refractivity contribution in [2.45, 2.75) is 19.9 Å². The fraction of sp³-hybridized carbons (Fsp3) is 0.250. The zero-order valence-electron chi connectivity index (χ0n) is 15.4. The van der Waals surface area contributed by atoms with Crippen molar-refractivity contribution in [1.29, 1.82) is 0 Å². The Morgan fingerprint density at radius 2 is 1.96 bits per heavy atom. The summed E-state index contributed by atoms with van der Waals surface area (Å²) in [5.41, 5.74) is 2.90. The molecule has 0 unspecified atom stereocenters. The zero-order valence-corrected chi connectivity index (χ0v) is 17.0. The van der Waals surface area contributed by atoms with E-state index in [-0.39, 0.29) is 5.91 Å². The van der Waals surface area contributed by atoms with E-state index in [9.17, 15) is 4.79 Å². The van der Waals surface area contributed by atoms with Crippen molar-refractivity contribution in [2.75, 3.05) is 17.7 Å². The van der Waals surface area contributed by atoms with Crippen LogP contribution in [0.15, 0.2) is 54.9 Å². The molecule has 2 aromatic heterocycles. The van der Waals surface area contributed by atoms with Crippen LogP contribution < -0.4 is 9.62 Å². The van der Waals surface area contributed by atoms with E-state index in [2.05, 4.69) is 37.8 Å². The van der Waals surface area contributed by atoms with Gasteiger partial charge in [-0.25, -0.2) is 4.98 Å². The number of rotatable bonds is 8. The topological polar surface area (TPSA) is 58.1 Å². The fourth-order valence-corrected chi connectivity index (χ4v) is 3.94. The molecule has 0 atom stereocenters. The Balaban J connectivity index is 1.82. The molecule has 0 saturated carbocycles. The van der Waals surface area contributed by atoms with Crippen molar-refractivity contribution in [3.05, 3.63) is 76.6 Å². The molecule has 7 heteroatoms. The van der Waals surface area contributed by atoms with Crippen molar-refractivity contribution in [2.24, 2.45) is 0 Å². The Labute approximate surface area is 168 Å². The first-order chi connectivity index (χ1) is 13.2. The molecule has 0 aliphatic heterocycles. The van der Waals surface area contributed by atoms with Crippen LogP contribution in [-0.2, 0) is 13.0 Å². The first-order valence-corrected chi connectivity index (χ1v) is 10.7. The Kier molecular flexibility index (Phi) is 6.84. The number of anilines is 1. The number of aromatic nitrogens is 2. The molecule has 1 aromatic carbocycles. The first kappa shape index (κ1) is 19.4. The van der Waals surface area contributed by atoms with Crippen molar-refractivity contribution in [3.8, 4) is 0 Å². The molecule has 0 fully saturated rings. The molecule has 1 amide bonds. The number of thiazole rings is 1. The van der Waals surface area contributed by atoms with Gasteiger partial charge in [-0.05, 0) is 30.5 Å². The number of nitrogens with zero attached hydrogens (tertiary/aromatic N) is 3. The zero-order chi connectivity index (χ0) is 19.1. The first-order valence-electron chi connectivity index (χ1n) is 8.66. The van der Waals surface area contributed by atoms with Gasteiger partial charge >= 0.3 is 0 Å². The Morgan fingerprint density at radius 1 is 1.19 bits per heavy atom. The number of nitrogens with one attached hydrogen (secondary N) is 1. The lowest BCUT2D eigenvalue weighted by Crippen LogP contribution is -2.25. The van der Waals surface area contributed by atoms with Crippen LogP contribution in [-0.4, -0.2) is 28.7 Å². The largest absolute Gasteiger partial charge is 0.343 e. The van der Waals surface area contributed by atoms with Gasteiger partial charge in [-0.2, -0.15) is 0 Å². The quantitative estimate of drug-likeness (QED) is 0.579. The summed E-state index contributed by atoms with van der Waals surface area (Å²) in [5.74, 6) is -0.144. The van der Waals surface area contributed by atoms with Crippen molar-refractivity contribution >= 4 is 34.3 Å². The summed E-state index contributed by atoms with van der Waals surface area (Å²) >= 11 is 2.85. The highest BCUT2D eigenvalue weighted by Crippen LogP contribution is 2.27. The molecule has 0 radical (unpaired) electrons. The van der Waals surface area contributed by atoms with Crippen molar-refractivity contribution < 1.29 is 4.79 Å². The number of pyridine rings is 1. The number of aryl methyl sites for hydroxylation is 1. The normalized spacial score (nSPS) is 10.6. The summed E-state index contributed by atoms with van der Waals surface area (Å²) in [5, 5.41) is 0.867. The minimum absolute atomic E-state index is 0.144. The van der Waals surface area contributed by atoms with Gasteiger partial charge < -0.3 is 4.90 Å². The lowest BCUT2D eigenvalue weighted by Gasteiger charge is -2.22. The van der Waals surface area contributed by atoms with E-state index in [1.165, 1.54) is 23.1 Å². The van der Waals surface area contributed by atoms with Crippen LogP contribution in [0.5, 0.6) is 0 Å². The average Bonchev–Trinajstić information content (AvgIpc) is 3.08. The van der Waals surface area contributed by atoms with Crippen molar-refractivity contribution in [3.63, 3.8) is 0 Å². The predicted octanol–water partition coefficient (Wildman–Crippen LogP) is 4.10. The molecule has 5 nitrogen and oxygen atoms in total. The van der Waals surface area contributed by atoms with Gasteiger partial charge in [-0.3, -0.25) is 14.5 Å². The van der Waals surface area contributed by atoms with Crippen LogP contribution in [0.25, 0.3) is 0 Å². The Hall–Kier alpha value is -2.38. The lowest BCUT2D eigenvalue weighted by atomic mass is 10.2. The summed E-state index contributed by atoms with van der Waals surface area (Å²) in [4.78, 5) is 24.2. The summed E-state index contributed by atoms with van der Waals surface area (Å²) in [6.45, 7) is 3.49. The van der Waals surface area contributed by atoms with E-state index in [0.29, 0.717) is 5.69 Å². The second-order valence-corrected chi connectivity index (χ2v) is 7.85. The summed E-state index contributed by atoms with van der Waals surface area (Å²) < 4.78 is 2.76. The minimum Gasteiger partial charge on any atom is -0.343 e. The van der Waals surface area contributed by atoms with E-state index in [1.807, 2.05) is 43.6 Å². The molecule has 27 heavy (non-hydrogen) atoms. The number of amides is 1. The summed E-state index contributed by atoms with van der Waals surface area (Å²) in [6, 6.07) is 14.4. The molecule has 3 aromatic rings. The third-order valence-electron chi connectivity index (χ3n) is 4.08. The van der Waals surface area contributed by atoms with E-state index in [0.717, 1.165) is 29.5 Å². The van der Waals surface area contributed by atoms with Crippen LogP contribution in [0.4, 0.5) is 5.13 Å². The van der Waals surface area contributed by atoms with Gasteiger partial charge in [-0.1, -0.05) is 48.3 Å². The average molecular weight is 399 g/mol. The molecule has 0 saturated heterocycles. The van der Waals surface area contributed by atoms with E-state index < -0.39 is 0 Å². The van der Waals surface area contributed by atoms with Gasteiger partial charge in [0.15, 0.2) is 5.13 Å². The minimum atomic E-state index is -0.144. The smallest absolute Gasteiger partial charge is 0.280 e.